The molecule has 2 aromatic carbocycles. The summed E-state index contributed by atoms with van der Waals surface area (Å²) in [4.78, 5) is 54.1. The number of halogens is 1. The van der Waals surface area contributed by atoms with E-state index >= 15 is 0 Å². The molecule has 0 aliphatic heterocycles. The molecule has 0 amide bonds. The summed E-state index contributed by atoms with van der Waals surface area (Å²) < 4.78 is 22.4. The van der Waals surface area contributed by atoms with Crippen molar-refractivity contribution in [3.63, 3.8) is 0 Å². The van der Waals surface area contributed by atoms with Crippen molar-refractivity contribution >= 4 is 35.5 Å². The molecular formula is C32H37ClN2O9. The van der Waals surface area contributed by atoms with Crippen LogP contribution in [0, 0.1) is 0 Å². The van der Waals surface area contributed by atoms with E-state index in [1.54, 1.807) is 12.1 Å². The van der Waals surface area contributed by atoms with Crippen molar-refractivity contribution in [2.45, 2.75) is 85.5 Å². The van der Waals surface area contributed by atoms with Gasteiger partial charge in [-0.2, -0.15) is 0 Å². The van der Waals surface area contributed by atoms with Crippen LogP contribution in [0.25, 0.3) is 11.1 Å². The van der Waals surface area contributed by atoms with Crippen LogP contribution in [-0.2, 0) is 52.9 Å². The molecule has 0 spiro atoms. The third kappa shape index (κ3) is 8.90. The number of rotatable bonds is 15. The summed E-state index contributed by atoms with van der Waals surface area (Å²) in [5.41, 5.74) is 2.96. The van der Waals surface area contributed by atoms with Gasteiger partial charge in [0, 0.05) is 32.2 Å². The Labute approximate surface area is 261 Å². The second-order valence-corrected chi connectivity index (χ2v) is 10.1. The van der Waals surface area contributed by atoms with Gasteiger partial charge in [-0.25, -0.2) is 9.78 Å². The number of benzene rings is 2. The van der Waals surface area contributed by atoms with Crippen LogP contribution in [0.2, 0.25) is 5.15 Å². The lowest BCUT2D eigenvalue weighted by molar-refractivity contribution is -0.427. The number of unbranched alkanes of at least 4 members (excludes halogenated alkanes) is 1. The van der Waals surface area contributed by atoms with Crippen molar-refractivity contribution in [3.05, 3.63) is 76.3 Å². The number of ether oxygens (including phenoxy) is 4. The summed E-state index contributed by atoms with van der Waals surface area (Å²) in [6, 6.07) is 14.0. The first-order valence-electron chi connectivity index (χ1n) is 14.5. The fourth-order valence-corrected chi connectivity index (χ4v) is 4.37. The molecule has 1 aromatic heterocycles. The number of hydrogen-bond acceptors (Lipinski definition) is 10. The molecule has 0 saturated carbocycles. The topological polar surface area (TPSA) is 143 Å². The summed E-state index contributed by atoms with van der Waals surface area (Å²) >= 11 is 6.27. The van der Waals surface area contributed by atoms with Gasteiger partial charge in [0.25, 0.3) is 0 Å². The Morgan fingerprint density at radius 3 is 1.95 bits per heavy atom. The first-order valence-corrected chi connectivity index (χ1v) is 14.9. The number of nitrogens with zero attached hydrogens (tertiary/aromatic N) is 2. The Kier molecular flexibility index (Phi) is 12.5. The van der Waals surface area contributed by atoms with Gasteiger partial charge in [-0.1, -0.05) is 82.1 Å². The summed E-state index contributed by atoms with van der Waals surface area (Å²) in [5.74, 6) is -3.04. The average Bonchev–Trinajstić information content (AvgIpc) is 3.32. The minimum atomic E-state index is -3.01. The van der Waals surface area contributed by atoms with E-state index in [2.05, 4.69) is 11.9 Å². The zero-order valence-corrected chi connectivity index (χ0v) is 26.0. The molecule has 0 atom stereocenters. The average molecular weight is 629 g/mol. The van der Waals surface area contributed by atoms with Crippen LogP contribution in [0.15, 0.2) is 48.5 Å². The fourth-order valence-electron chi connectivity index (χ4n) is 4.11. The Morgan fingerprint density at radius 1 is 0.841 bits per heavy atom. The monoisotopic (exact) mass is 628 g/mol. The van der Waals surface area contributed by atoms with Crippen LogP contribution in [0.1, 0.15) is 87.2 Å². The highest BCUT2D eigenvalue weighted by Crippen LogP contribution is 2.27. The van der Waals surface area contributed by atoms with Crippen LogP contribution >= 0.6 is 11.6 Å². The Balaban J connectivity index is 1.87. The van der Waals surface area contributed by atoms with Crippen LogP contribution < -0.4 is 0 Å². The van der Waals surface area contributed by atoms with E-state index in [0.29, 0.717) is 23.0 Å². The van der Waals surface area contributed by atoms with Gasteiger partial charge < -0.3 is 28.6 Å². The zero-order chi connectivity index (χ0) is 32.3. The van der Waals surface area contributed by atoms with Crippen LogP contribution in [0.4, 0.5) is 0 Å². The minimum absolute atomic E-state index is 0.0183. The second kappa shape index (κ2) is 16.0. The molecule has 0 bridgehead atoms. The van der Waals surface area contributed by atoms with Gasteiger partial charge in [-0.3, -0.25) is 14.4 Å². The third-order valence-electron chi connectivity index (χ3n) is 6.53. The zero-order valence-electron chi connectivity index (χ0n) is 25.3. The molecule has 44 heavy (non-hydrogen) atoms. The molecule has 0 radical (unpaired) electrons. The highest BCUT2D eigenvalue weighted by molar-refractivity contribution is 6.30. The van der Waals surface area contributed by atoms with Crippen molar-refractivity contribution in [3.8, 4) is 11.1 Å². The molecular weight excluding hydrogens is 592 g/mol. The Hall–Kier alpha value is -4.22. The number of aliphatic hydroxyl groups excluding tert-OH is 1. The molecule has 1 N–H and O–H groups in total. The van der Waals surface area contributed by atoms with E-state index < -0.39 is 30.0 Å². The van der Waals surface area contributed by atoms with E-state index in [4.69, 9.17) is 30.5 Å². The normalized spacial score (nSPS) is 11.1. The largest absolute Gasteiger partial charge is 0.619 e. The van der Waals surface area contributed by atoms with Crippen LogP contribution in [0.3, 0.4) is 0 Å². The number of aromatic nitrogens is 2. The summed E-state index contributed by atoms with van der Waals surface area (Å²) in [7, 11) is 0. The molecule has 3 aromatic rings. The molecule has 12 heteroatoms. The van der Waals surface area contributed by atoms with Crippen LogP contribution in [0.5, 0.6) is 0 Å². The van der Waals surface area contributed by atoms with Crippen molar-refractivity contribution < 1.29 is 43.2 Å². The first-order chi connectivity index (χ1) is 21.1. The number of carbonyl (C=O) groups is 4. The van der Waals surface area contributed by atoms with Gasteiger partial charge in [0.2, 0.25) is 0 Å². The van der Waals surface area contributed by atoms with Gasteiger partial charge in [0.15, 0.2) is 5.15 Å². The van der Waals surface area contributed by atoms with Gasteiger partial charge >= 0.3 is 30.0 Å². The maximum absolute atomic E-state index is 13.2. The van der Waals surface area contributed by atoms with E-state index in [1.807, 2.05) is 28.8 Å². The fraction of sp³-hybridized carbons (Fsp3) is 0.406. The predicted molar refractivity (Wildman–Crippen MR) is 160 cm³/mol. The summed E-state index contributed by atoms with van der Waals surface area (Å²) in [5, 5.41) is 10.2. The molecule has 3 rings (SSSR count). The number of imidazole rings is 1. The van der Waals surface area contributed by atoms with Crippen molar-refractivity contribution in [1.82, 2.24) is 9.55 Å². The van der Waals surface area contributed by atoms with Gasteiger partial charge in [0.05, 0.1) is 17.9 Å². The maximum Gasteiger partial charge on any atom is 0.619 e. The van der Waals surface area contributed by atoms with E-state index in [0.717, 1.165) is 36.2 Å². The number of aryl methyl sites for hydroxylation is 1. The number of hydrogen-bond donors (Lipinski definition) is 1. The smallest absolute Gasteiger partial charge is 0.390 e. The van der Waals surface area contributed by atoms with E-state index in [9.17, 15) is 24.3 Å². The quantitative estimate of drug-likeness (QED) is 0.164. The van der Waals surface area contributed by atoms with E-state index in [1.165, 1.54) is 32.9 Å². The van der Waals surface area contributed by atoms with Gasteiger partial charge in [0.1, 0.15) is 5.82 Å². The molecule has 1 heterocycles. The lowest BCUT2D eigenvalue weighted by Crippen LogP contribution is -2.48. The summed E-state index contributed by atoms with van der Waals surface area (Å²) in [6.45, 7) is 6.73. The minimum Gasteiger partial charge on any atom is -0.390 e. The van der Waals surface area contributed by atoms with Gasteiger partial charge in [-0.15, -0.1) is 0 Å². The molecule has 0 aliphatic rings. The second-order valence-electron chi connectivity index (χ2n) is 9.76. The first kappa shape index (κ1) is 34.3. The highest BCUT2D eigenvalue weighted by atomic mass is 35.5. The van der Waals surface area contributed by atoms with E-state index in [-0.39, 0.29) is 31.4 Å². The van der Waals surface area contributed by atoms with Crippen molar-refractivity contribution in [2.75, 3.05) is 0 Å². The molecule has 236 valence electrons. The number of aliphatic hydroxyl groups is 1. The number of carbonyl (C=O) groups excluding carboxylic acids is 4. The van der Waals surface area contributed by atoms with Crippen LogP contribution in [-0.4, -0.2) is 44.7 Å². The SMILES string of the molecule is CCCCc1nc(Cl)c(CO)n1Cc1ccc(-c2cccc(C(=O)OC(OC(=O)CC)(OC(=O)CC)OC(=O)CC)c2)cc1. The van der Waals surface area contributed by atoms with Crippen molar-refractivity contribution in [1.29, 1.82) is 0 Å². The predicted octanol–water partition coefficient (Wildman–Crippen LogP) is 5.71. The molecule has 0 unspecified atom stereocenters. The highest BCUT2D eigenvalue weighted by Gasteiger charge is 2.49. The van der Waals surface area contributed by atoms with Crippen molar-refractivity contribution in [2.24, 2.45) is 0 Å². The molecule has 0 saturated heterocycles. The Bertz CT molecular complexity index is 1420. The Morgan fingerprint density at radius 2 is 1.43 bits per heavy atom. The maximum atomic E-state index is 13.2. The lowest BCUT2D eigenvalue weighted by atomic mass is 10.0. The number of esters is 4. The standard InChI is InChI=1S/C32H37ClN2O9/c1-5-9-13-26-34-30(33)25(20-36)35(26)19-21-14-16-22(17-15-21)23-11-10-12-24(18-23)31(40)44-32(41-27(37)6-2,42-28(38)7-3)43-29(39)8-4/h10-12,14-18,36H,5-9,13,19-20H2,1-4H3. The molecule has 0 fully saturated rings. The van der Waals surface area contributed by atoms with Gasteiger partial charge in [-0.05, 0) is 35.2 Å². The lowest BCUT2D eigenvalue weighted by Gasteiger charge is -2.28. The summed E-state index contributed by atoms with van der Waals surface area (Å²) in [6.07, 6.45) is -0.847. The third-order valence-corrected chi connectivity index (χ3v) is 6.84. The molecule has 0 aliphatic carbocycles. The molecule has 11 nitrogen and oxygen atoms in total.